The number of rotatable bonds is 7. The van der Waals surface area contributed by atoms with Crippen LogP contribution in [0.4, 0.5) is 0 Å². The molecule has 0 atom stereocenters. The second-order valence-corrected chi connectivity index (χ2v) is 6.32. The van der Waals surface area contributed by atoms with E-state index in [4.69, 9.17) is 4.42 Å². The number of benzene rings is 1. The number of hydrogen-bond donors (Lipinski definition) is 2. The van der Waals surface area contributed by atoms with E-state index >= 15 is 0 Å². The van der Waals surface area contributed by atoms with Gasteiger partial charge in [0.05, 0.1) is 19.4 Å². The van der Waals surface area contributed by atoms with Gasteiger partial charge in [0.15, 0.2) is 5.96 Å². The molecule has 6 nitrogen and oxygen atoms in total. The van der Waals surface area contributed by atoms with E-state index in [0.717, 1.165) is 42.4 Å². The molecule has 1 fully saturated rings. The van der Waals surface area contributed by atoms with Crippen LogP contribution in [0.25, 0.3) is 0 Å². The zero-order valence-corrected chi connectivity index (χ0v) is 17.9. The smallest absolute Gasteiger partial charge is 0.222 e. The monoisotopic (exact) mass is 482 g/mol. The number of aliphatic imine (C=N–C) groups is 1. The van der Waals surface area contributed by atoms with Gasteiger partial charge in [0.2, 0.25) is 5.91 Å². The van der Waals surface area contributed by atoms with Gasteiger partial charge < -0.3 is 20.0 Å². The molecule has 1 saturated heterocycles. The lowest BCUT2D eigenvalue weighted by Gasteiger charge is -2.18. The quantitative estimate of drug-likeness (QED) is 0.361. The maximum Gasteiger partial charge on any atom is 0.222 e. The molecule has 0 unspecified atom stereocenters. The first kappa shape index (κ1) is 21.3. The van der Waals surface area contributed by atoms with Gasteiger partial charge in [-0.15, -0.1) is 24.0 Å². The zero-order valence-electron chi connectivity index (χ0n) is 15.6. The predicted octanol–water partition coefficient (Wildman–Crippen LogP) is 3.28. The second-order valence-electron chi connectivity index (χ2n) is 6.32. The topological polar surface area (TPSA) is 69.9 Å². The predicted molar refractivity (Wildman–Crippen MR) is 117 cm³/mol. The van der Waals surface area contributed by atoms with Crippen molar-refractivity contribution in [3.63, 3.8) is 0 Å². The second kappa shape index (κ2) is 11.0. The van der Waals surface area contributed by atoms with Crippen molar-refractivity contribution in [3.05, 3.63) is 59.5 Å². The fourth-order valence-corrected chi connectivity index (χ4v) is 3.03. The molecule has 2 heterocycles. The van der Waals surface area contributed by atoms with E-state index < -0.39 is 0 Å². The zero-order chi connectivity index (χ0) is 18.2. The minimum absolute atomic E-state index is 0. The standard InChI is InChI=1S/C20H26N4O2.HI/c1-2-21-20(23-14-18-9-6-12-26-18)22-13-16-7-3-4-8-17(16)15-24-11-5-10-19(24)25;/h3-4,6-9,12H,2,5,10-11,13-15H2,1H3,(H2,21,22,23);1H. The highest BCUT2D eigenvalue weighted by Gasteiger charge is 2.20. The van der Waals surface area contributed by atoms with Crippen molar-refractivity contribution in [2.24, 2.45) is 4.99 Å². The molecule has 0 bridgehead atoms. The van der Waals surface area contributed by atoms with Crippen LogP contribution >= 0.6 is 24.0 Å². The molecule has 1 aromatic heterocycles. The summed E-state index contributed by atoms with van der Waals surface area (Å²) in [6.07, 6.45) is 3.29. The Morgan fingerprint density at radius 2 is 2.00 bits per heavy atom. The van der Waals surface area contributed by atoms with Gasteiger partial charge in [0, 0.05) is 26.1 Å². The summed E-state index contributed by atoms with van der Waals surface area (Å²) in [4.78, 5) is 18.5. The first-order valence-corrected chi connectivity index (χ1v) is 9.15. The summed E-state index contributed by atoms with van der Waals surface area (Å²) in [5.41, 5.74) is 2.30. The third-order valence-corrected chi connectivity index (χ3v) is 4.41. The Morgan fingerprint density at radius 1 is 1.19 bits per heavy atom. The van der Waals surface area contributed by atoms with E-state index in [0.29, 0.717) is 26.1 Å². The largest absolute Gasteiger partial charge is 0.467 e. The highest BCUT2D eigenvalue weighted by Crippen LogP contribution is 2.17. The Labute approximate surface area is 177 Å². The first-order valence-electron chi connectivity index (χ1n) is 9.15. The number of amides is 1. The van der Waals surface area contributed by atoms with Crippen molar-refractivity contribution < 1.29 is 9.21 Å². The molecule has 2 aromatic rings. The Hall–Kier alpha value is -2.03. The molecule has 1 aromatic carbocycles. The third-order valence-electron chi connectivity index (χ3n) is 4.41. The Bertz CT molecular complexity index is 746. The highest BCUT2D eigenvalue weighted by molar-refractivity contribution is 14.0. The van der Waals surface area contributed by atoms with Gasteiger partial charge in [-0.25, -0.2) is 4.99 Å². The number of furan rings is 1. The van der Waals surface area contributed by atoms with Gasteiger partial charge in [-0.1, -0.05) is 24.3 Å². The molecule has 27 heavy (non-hydrogen) atoms. The summed E-state index contributed by atoms with van der Waals surface area (Å²) < 4.78 is 5.35. The Morgan fingerprint density at radius 3 is 2.67 bits per heavy atom. The molecule has 0 aliphatic carbocycles. The number of nitrogens with one attached hydrogen (secondary N) is 2. The number of guanidine groups is 1. The van der Waals surface area contributed by atoms with Crippen LogP contribution in [0.3, 0.4) is 0 Å². The van der Waals surface area contributed by atoms with Crippen molar-refractivity contribution in [2.75, 3.05) is 13.1 Å². The molecule has 0 spiro atoms. The van der Waals surface area contributed by atoms with E-state index in [2.05, 4.69) is 27.8 Å². The highest BCUT2D eigenvalue weighted by atomic mass is 127. The maximum atomic E-state index is 11.9. The Balaban J connectivity index is 0.00000261. The van der Waals surface area contributed by atoms with Crippen LogP contribution in [0, 0.1) is 0 Å². The van der Waals surface area contributed by atoms with Crippen LogP contribution in [0.2, 0.25) is 0 Å². The van der Waals surface area contributed by atoms with E-state index in [9.17, 15) is 4.79 Å². The van der Waals surface area contributed by atoms with Crippen molar-refractivity contribution in [1.82, 2.24) is 15.5 Å². The van der Waals surface area contributed by atoms with Gasteiger partial charge in [0.25, 0.3) is 0 Å². The summed E-state index contributed by atoms with van der Waals surface area (Å²) in [7, 11) is 0. The molecule has 0 saturated carbocycles. The van der Waals surface area contributed by atoms with Crippen LogP contribution in [-0.2, 0) is 24.4 Å². The fourth-order valence-electron chi connectivity index (χ4n) is 3.03. The van der Waals surface area contributed by atoms with Gasteiger partial charge in [0.1, 0.15) is 5.76 Å². The third kappa shape index (κ3) is 6.27. The number of hydrogen-bond acceptors (Lipinski definition) is 3. The van der Waals surface area contributed by atoms with Crippen LogP contribution < -0.4 is 10.6 Å². The van der Waals surface area contributed by atoms with Crippen LogP contribution in [-0.4, -0.2) is 29.9 Å². The lowest BCUT2D eigenvalue weighted by atomic mass is 10.1. The van der Waals surface area contributed by atoms with Crippen molar-refractivity contribution in [3.8, 4) is 0 Å². The molecule has 3 rings (SSSR count). The van der Waals surface area contributed by atoms with Crippen LogP contribution in [0.5, 0.6) is 0 Å². The fraction of sp³-hybridized carbons (Fsp3) is 0.400. The van der Waals surface area contributed by atoms with E-state index in [-0.39, 0.29) is 29.9 Å². The molecular formula is C20H27IN4O2. The Kier molecular flexibility index (Phi) is 8.63. The number of nitrogens with zero attached hydrogens (tertiary/aromatic N) is 2. The summed E-state index contributed by atoms with van der Waals surface area (Å²) in [5.74, 6) is 1.86. The maximum absolute atomic E-state index is 11.9. The number of carbonyl (C=O) groups excluding carboxylic acids is 1. The summed E-state index contributed by atoms with van der Waals surface area (Å²) >= 11 is 0. The van der Waals surface area contributed by atoms with Crippen molar-refractivity contribution in [2.45, 2.75) is 39.4 Å². The normalized spacial score (nSPS) is 14.2. The lowest BCUT2D eigenvalue weighted by Crippen LogP contribution is -2.36. The SMILES string of the molecule is CCNC(=NCc1ccccc1CN1CCCC1=O)NCc1ccco1.I. The van der Waals surface area contributed by atoms with Crippen LogP contribution in [0.1, 0.15) is 36.7 Å². The molecule has 2 N–H and O–H groups in total. The number of likely N-dealkylation sites (tertiary alicyclic amines) is 1. The summed E-state index contributed by atoms with van der Waals surface area (Å²) in [6.45, 7) is 5.49. The van der Waals surface area contributed by atoms with Gasteiger partial charge >= 0.3 is 0 Å². The molecular weight excluding hydrogens is 455 g/mol. The van der Waals surface area contributed by atoms with Crippen LogP contribution in [0.15, 0.2) is 52.1 Å². The van der Waals surface area contributed by atoms with E-state index in [1.807, 2.05) is 36.1 Å². The molecule has 1 amide bonds. The average Bonchev–Trinajstić information content (AvgIpc) is 3.31. The lowest BCUT2D eigenvalue weighted by molar-refractivity contribution is -0.128. The average molecular weight is 482 g/mol. The van der Waals surface area contributed by atoms with Gasteiger partial charge in [-0.05, 0) is 36.6 Å². The van der Waals surface area contributed by atoms with Gasteiger partial charge in [-0.3, -0.25) is 4.79 Å². The minimum atomic E-state index is 0. The number of carbonyl (C=O) groups is 1. The summed E-state index contributed by atoms with van der Waals surface area (Å²) in [5, 5.41) is 6.52. The van der Waals surface area contributed by atoms with E-state index in [1.165, 1.54) is 0 Å². The first-order chi connectivity index (χ1) is 12.8. The van der Waals surface area contributed by atoms with E-state index in [1.54, 1.807) is 6.26 Å². The molecule has 146 valence electrons. The summed E-state index contributed by atoms with van der Waals surface area (Å²) in [6, 6.07) is 12.0. The molecule has 1 aliphatic heterocycles. The van der Waals surface area contributed by atoms with Gasteiger partial charge in [-0.2, -0.15) is 0 Å². The molecule has 7 heteroatoms. The molecule has 0 radical (unpaired) electrons. The number of halogens is 1. The van der Waals surface area contributed by atoms with Crippen molar-refractivity contribution >= 4 is 35.8 Å². The minimum Gasteiger partial charge on any atom is -0.467 e. The molecule has 1 aliphatic rings. The van der Waals surface area contributed by atoms with Crippen molar-refractivity contribution in [1.29, 1.82) is 0 Å².